The maximum atomic E-state index is 12.9. The largest absolute Gasteiger partial charge is 0.463 e. The van der Waals surface area contributed by atoms with E-state index in [0.717, 1.165) is 16.3 Å². The second-order valence-electron chi connectivity index (χ2n) is 6.95. The lowest BCUT2D eigenvalue weighted by atomic mass is 9.99. The van der Waals surface area contributed by atoms with Crippen molar-refractivity contribution in [3.05, 3.63) is 78.4 Å². The highest BCUT2D eigenvalue weighted by molar-refractivity contribution is 6.06. The van der Waals surface area contributed by atoms with Gasteiger partial charge in [0.2, 0.25) is 6.10 Å². The van der Waals surface area contributed by atoms with Crippen LogP contribution in [-0.4, -0.2) is 29.6 Å². The lowest BCUT2D eigenvalue weighted by molar-refractivity contribution is -0.145. The van der Waals surface area contributed by atoms with E-state index in [1.54, 1.807) is 6.07 Å². The summed E-state index contributed by atoms with van der Waals surface area (Å²) in [5, 5.41) is 2.84. The SMILES string of the molecule is O=C(O[C@H]1CCOC1=O)c1cc(-c2cccc3ccccc23)nc2ccccc12. The number of aromatic nitrogens is 1. The number of rotatable bonds is 3. The van der Waals surface area contributed by atoms with Gasteiger partial charge in [0.05, 0.1) is 23.4 Å². The zero-order chi connectivity index (χ0) is 19.8. The van der Waals surface area contributed by atoms with E-state index in [4.69, 9.17) is 14.5 Å². The van der Waals surface area contributed by atoms with Crippen LogP contribution in [0.5, 0.6) is 0 Å². The quantitative estimate of drug-likeness (QED) is 0.487. The van der Waals surface area contributed by atoms with Gasteiger partial charge in [0.15, 0.2) is 0 Å². The van der Waals surface area contributed by atoms with Crippen molar-refractivity contribution < 1.29 is 19.1 Å². The summed E-state index contributed by atoms with van der Waals surface area (Å²) < 4.78 is 10.4. The minimum absolute atomic E-state index is 0.273. The summed E-state index contributed by atoms with van der Waals surface area (Å²) in [6.45, 7) is 0.273. The van der Waals surface area contributed by atoms with Crippen molar-refractivity contribution in [1.29, 1.82) is 0 Å². The highest BCUT2D eigenvalue weighted by Crippen LogP contribution is 2.31. The van der Waals surface area contributed by atoms with Gasteiger partial charge >= 0.3 is 11.9 Å². The zero-order valence-corrected chi connectivity index (χ0v) is 15.5. The fourth-order valence-corrected chi connectivity index (χ4v) is 3.71. The molecule has 142 valence electrons. The van der Waals surface area contributed by atoms with Gasteiger partial charge in [-0.05, 0) is 22.9 Å². The van der Waals surface area contributed by atoms with Crippen LogP contribution in [-0.2, 0) is 14.3 Å². The molecule has 0 bridgehead atoms. The molecule has 1 aliphatic rings. The van der Waals surface area contributed by atoms with E-state index in [2.05, 4.69) is 0 Å². The summed E-state index contributed by atoms with van der Waals surface area (Å²) in [5.74, 6) is -1.04. The van der Waals surface area contributed by atoms with Crippen molar-refractivity contribution in [2.75, 3.05) is 6.61 Å². The lowest BCUT2D eigenvalue weighted by Crippen LogP contribution is -2.23. The molecule has 5 rings (SSSR count). The number of hydrogen-bond donors (Lipinski definition) is 0. The number of benzene rings is 3. The molecule has 2 heterocycles. The summed E-state index contributed by atoms with van der Waals surface area (Å²) in [6, 6.07) is 23.2. The van der Waals surface area contributed by atoms with Gasteiger partial charge in [-0.2, -0.15) is 0 Å². The topological polar surface area (TPSA) is 65.5 Å². The van der Waals surface area contributed by atoms with Crippen molar-refractivity contribution in [1.82, 2.24) is 4.98 Å². The van der Waals surface area contributed by atoms with Gasteiger partial charge in [-0.3, -0.25) is 0 Å². The molecule has 1 fully saturated rings. The van der Waals surface area contributed by atoms with Gasteiger partial charge in [-0.25, -0.2) is 14.6 Å². The average Bonchev–Trinajstić information content (AvgIpc) is 3.16. The van der Waals surface area contributed by atoms with E-state index in [9.17, 15) is 9.59 Å². The molecule has 0 N–H and O–H groups in total. The van der Waals surface area contributed by atoms with Crippen molar-refractivity contribution in [3.8, 4) is 11.3 Å². The molecule has 0 amide bonds. The molecule has 5 nitrogen and oxygen atoms in total. The van der Waals surface area contributed by atoms with Crippen LogP contribution in [0.3, 0.4) is 0 Å². The lowest BCUT2D eigenvalue weighted by Gasteiger charge is -2.13. The predicted molar refractivity (Wildman–Crippen MR) is 109 cm³/mol. The van der Waals surface area contributed by atoms with Gasteiger partial charge in [-0.1, -0.05) is 60.7 Å². The molecule has 0 saturated carbocycles. The Labute approximate surface area is 166 Å². The third-order valence-electron chi connectivity index (χ3n) is 5.14. The Hall–Kier alpha value is -3.73. The van der Waals surface area contributed by atoms with Crippen molar-refractivity contribution in [2.45, 2.75) is 12.5 Å². The predicted octanol–water partition coefficient (Wildman–Crippen LogP) is 4.53. The van der Waals surface area contributed by atoms with Crippen LogP contribution in [0.1, 0.15) is 16.8 Å². The van der Waals surface area contributed by atoms with Gasteiger partial charge in [0, 0.05) is 17.4 Å². The monoisotopic (exact) mass is 383 g/mol. The second kappa shape index (κ2) is 7.02. The van der Waals surface area contributed by atoms with Crippen LogP contribution in [0, 0.1) is 0 Å². The number of fused-ring (bicyclic) bond motifs is 2. The molecular weight excluding hydrogens is 366 g/mol. The van der Waals surface area contributed by atoms with E-state index in [0.29, 0.717) is 28.6 Å². The van der Waals surface area contributed by atoms with Crippen molar-refractivity contribution in [2.24, 2.45) is 0 Å². The second-order valence-corrected chi connectivity index (χ2v) is 6.95. The Kier molecular flexibility index (Phi) is 4.21. The van der Waals surface area contributed by atoms with Crippen molar-refractivity contribution >= 4 is 33.6 Å². The number of ether oxygens (including phenoxy) is 2. The fourth-order valence-electron chi connectivity index (χ4n) is 3.71. The summed E-state index contributed by atoms with van der Waals surface area (Å²) in [7, 11) is 0. The van der Waals surface area contributed by atoms with Crippen LogP contribution >= 0.6 is 0 Å². The normalized spacial score (nSPS) is 16.1. The Balaban J connectivity index is 1.66. The standard InChI is InChI=1S/C24H17NO4/c26-23(29-22-12-13-28-24(22)27)19-14-21(25-20-11-4-3-9-18(19)20)17-10-5-7-15-6-1-2-8-16(15)17/h1-11,14,22H,12-13H2/t22-/m0/s1. The minimum Gasteiger partial charge on any atom is -0.463 e. The molecule has 4 aromatic rings. The highest BCUT2D eigenvalue weighted by atomic mass is 16.6. The first-order chi connectivity index (χ1) is 14.2. The number of hydrogen-bond acceptors (Lipinski definition) is 5. The average molecular weight is 383 g/mol. The molecular formula is C24H17NO4. The molecule has 1 aromatic heterocycles. The number of esters is 2. The van der Waals surface area contributed by atoms with Gasteiger partial charge in [-0.15, -0.1) is 0 Å². The molecule has 29 heavy (non-hydrogen) atoms. The number of cyclic esters (lactones) is 1. The van der Waals surface area contributed by atoms with E-state index >= 15 is 0 Å². The summed E-state index contributed by atoms with van der Waals surface area (Å²) in [6.07, 6.45) is -0.473. The highest BCUT2D eigenvalue weighted by Gasteiger charge is 2.31. The summed E-state index contributed by atoms with van der Waals surface area (Å²) >= 11 is 0. The number of pyridine rings is 1. The third kappa shape index (κ3) is 3.10. The summed E-state index contributed by atoms with van der Waals surface area (Å²) in [5.41, 5.74) is 2.70. The van der Waals surface area contributed by atoms with Crippen LogP contribution in [0.15, 0.2) is 72.8 Å². The molecule has 0 aliphatic carbocycles. The Morgan fingerprint density at radius 2 is 1.72 bits per heavy atom. The molecule has 1 aliphatic heterocycles. The Morgan fingerprint density at radius 1 is 0.966 bits per heavy atom. The smallest absolute Gasteiger partial charge is 0.347 e. The van der Waals surface area contributed by atoms with E-state index in [1.165, 1.54) is 0 Å². The van der Waals surface area contributed by atoms with Crippen molar-refractivity contribution in [3.63, 3.8) is 0 Å². The first-order valence-electron chi connectivity index (χ1n) is 9.46. The fraction of sp³-hybridized carbons (Fsp3) is 0.125. The Bertz CT molecular complexity index is 1260. The van der Waals surface area contributed by atoms with Crippen LogP contribution in [0.2, 0.25) is 0 Å². The maximum Gasteiger partial charge on any atom is 0.347 e. The van der Waals surface area contributed by atoms with Crippen LogP contribution < -0.4 is 0 Å². The maximum absolute atomic E-state index is 12.9. The summed E-state index contributed by atoms with van der Waals surface area (Å²) in [4.78, 5) is 29.5. The van der Waals surface area contributed by atoms with E-state index in [1.807, 2.05) is 66.7 Å². The molecule has 1 saturated heterocycles. The van der Waals surface area contributed by atoms with Gasteiger partial charge in [0.1, 0.15) is 0 Å². The van der Waals surface area contributed by atoms with Gasteiger partial charge in [0.25, 0.3) is 0 Å². The number of carbonyl (C=O) groups is 2. The third-order valence-corrected chi connectivity index (χ3v) is 5.14. The molecule has 0 spiro atoms. The van der Waals surface area contributed by atoms with Crippen LogP contribution in [0.4, 0.5) is 0 Å². The molecule has 0 unspecified atom stereocenters. The minimum atomic E-state index is -0.851. The molecule has 0 radical (unpaired) electrons. The number of para-hydroxylation sites is 1. The Morgan fingerprint density at radius 3 is 2.55 bits per heavy atom. The molecule has 5 heteroatoms. The first kappa shape index (κ1) is 17.4. The van der Waals surface area contributed by atoms with Crippen LogP contribution in [0.25, 0.3) is 32.9 Å². The number of nitrogens with zero attached hydrogens (tertiary/aromatic N) is 1. The molecule has 3 aromatic carbocycles. The van der Waals surface area contributed by atoms with E-state index < -0.39 is 18.0 Å². The zero-order valence-electron chi connectivity index (χ0n) is 15.5. The number of carbonyl (C=O) groups excluding carboxylic acids is 2. The van der Waals surface area contributed by atoms with E-state index in [-0.39, 0.29) is 6.61 Å². The first-order valence-corrected chi connectivity index (χ1v) is 9.46. The molecule has 1 atom stereocenters. The van der Waals surface area contributed by atoms with Gasteiger partial charge < -0.3 is 9.47 Å².